The summed E-state index contributed by atoms with van der Waals surface area (Å²) in [5, 5.41) is 16.1. The number of hydrogen-bond donors (Lipinski definition) is 1. The number of amidine groups is 1. The molecule has 3 aromatic rings. The second-order valence-corrected chi connectivity index (χ2v) is 8.32. The molecule has 35 heavy (non-hydrogen) atoms. The standard InChI is InChI=1S/C25H26FN7O2/c1-4-19(21-17(3)24(28-14-20(21)26)33-11-10-29-30-33)22(34)25(35)32-13-12-31(15-16(32)2)23(27)18-8-6-5-7-9-18/h4-11,14,16,27H,12-13,15H2,1-3H3/b19-4+,27-23?/t16-/m1/s1. The third-order valence-electron chi connectivity index (χ3n) is 6.14. The van der Waals surface area contributed by atoms with Gasteiger partial charge in [0.25, 0.3) is 11.7 Å². The average molecular weight is 476 g/mol. The molecule has 1 N–H and O–H groups in total. The molecule has 0 bridgehead atoms. The van der Waals surface area contributed by atoms with Crippen molar-refractivity contribution >= 4 is 23.1 Å². The largest absolute Gasteiger partial charge is 0.353 e. The number of Topliss-reactive ketones (excluding diaryl/α,β-unsaturated/α-hetero) is 1. The van der Waals surface area contributed by atoms with Crippen LogP contribution in [0.3, 0.4) is 0 Å². The number of allylic oxidation sites excluding steroid dienone is 1. The van der Waals surface area contributed by atoms with E-state index >= 15 is 0 Å². The summed E-state index contributed by atoms with van der Waals surface area (Å²) in [5.74, 6) is -1.49. The van der Waals surface area contributed by atoms with Crippen LogP contribution in [0.25, 0.3) is 11.4 Å². The number of pyridine rings is 1. The first-order valence-electron chi connectivity index (χ1n) is 11.3. The van der Waals surface area contributed by atoms with Crippen molar-refractivity contribution in [3.63, 3.8) is 0 Å². The molecule has 9 nitrogen and oxygen atoms in total. The summed E-state index contributed by atoms with van der Waals surface area (Å²) >= 11 is 0. The number of carbonyl (C=O) groups excluding carboxylic acids is 2. The number of halogens is 1. The normalized spacial score (nSPS) is 16.3. The van der Waals surface area contributed by atoms with Gasteiger partial charge < -0.3 is 9.80 Å². The minimum Gasteiger partial charge on any atom is -0.353 e. The molecule has 0 unspecified atom stereocenters. The Morgan fingerprint density at radius 3 is 2.57 bits per heavy atom. The van der Waals surface area contributed by atoms with Gasteiger partial charge in [-0.1, -0.05) is 41.6 Å². The van der Waals surface area contributed by atoms with Crippen molar-refractivity contribution in [1.29, 1.82) is 5.41 Å². The SMILES string of the molecule is C/C=C(/C(=O)C(=O)N1CCN(C(=N)c2ccccc2)C[C@H]1C)c1c(F)cnc(-n2ccnn2)c1C. The van der Waals surface area contributed by atoms with Crippen LogP contribution in [0.1, 0.15) is 30.5 Å². The van der Waals surface area contributed by atoms with E-state index in [0.29, 0.717) is 30.3 Å². The van der Waals surface area contributed by atoms with Gasteiger partial charge in [-0.3, -0.25) is 15.0 Å². The molecule has 4 rings (SSSR count). The monoisotopic (exact) mass is 475 g/mol. The molecule has 2 aromatic heterocycles. The Morgan fingerprint density at radius 1 is 1.20 bits per heavy atom. The average Bonchev–Trinajstić information content (AvgIpc) is 3.40. The summed E-state index contributed by atoms with van der Waals surface area (Å²) in [6, 6.07) is 9.06. The molecule has 1 amide bonds. The van der Waals surface area contributed by atoms with Crippen LogP contribution >= 0.6 is 0 Å². The Kier molecular flexibility index (Phi) is 6.81. The maximum Gasteiger partial charge on any atom is 0.295 e. The lowest BCUT2D eigenvalue weighted by Crippen LogP contribution is -2.56. The number of rotatable bonds is 5. The number of nitrogens with one attached hydrogen (secondary N) is 1. The lowest BCUT2D eigenvalue weighted by molar-refractivity contribution is -0.144. The molecule has 3 heterocycles. The first-order chi connectivity index (χ1) is 16.8. The van der Waals surface area contributed by atoms with Gasteiger partial charge in [0.2, 0.25) is 0 Å². The van der Waals surface area contributed by atoms with E-state index in [1.165, 1.54) is 21.9 Å². The van der Waals surface area contributed by atoms with Crippen LogP contribution in [0.5, 0.6) is 0 Å². The first kappa shape index (κ1) is 23.9. The molecule has 0 aliphatic carbocycles. The van der Waals surface area contributed by atoms with Gasteiger partial charge in [-0.25, -0.2) is 14.1 Å². The number of nitrogens with zero attached hydrogens (tertiary/aromatic N) is 6. The fourth-order valence-electron chi connectivity index (χ4n) is 4.33. The molecule has 0 saturated carbocycles. The smallest absolute Gasteiger partial charge is 0.295 e. The van der Waals surface area contributed by atoms with Crippen LogP contribution in [0, 0.1) is 18.2 Å². The van der Waals surface area contributed by atoms with Crippen molar-refractivity contribution in [2.75, 3.05) is 19.6 Å². The molecule has 1 aliphatic heterocycles. The highest BCUT2D eigenvalue weighted by atomic mass is 19.1. The van der Waals surface area contributed by atoms with Crippen LogP contribution in [-0.4, -0.2) is 73.0 Å². The summed E-state index contributed by atoms with van der Waals surface area (Å²) in [6.07, 6.45) is 5.49. The van der Waals surface area contributed by atoms with Crippen LogP contribution in [-0.2, 0) is 9.59 Å². The number of hydrogen-bond acceptors (Lipinski definition) is 6. The number of ketones is 1. The predicted molar refractivity (Wildman–Crippen MR) is 129 cm³/mol. The van der Waals surface area contributed by atoms with Crippen molar-refractivity contribution in [2.45, 2.75) is 26.8 Å². The molecule has 1 aliphatic rings. The summed E-state index contributed by atoms with van der Waals surface area (Å²) in [7, 11) is 0. The molecule has 1 saturated heterocycles. The second kappa shape index (κ2) is 9.96. The highest BCUT2D eigenvalue weighted by molar-refractivity contribution is 6.53. The van der Waals surface area contributed by atoms with Crippen molar-refractivity contribution in [1.82, 2.24) is 29.8 Å². The Balaban J connectivity index is 1.54. The van der Waals surface area contributed by atoms with E-state index in [4.69, 9.17) is 5.41 Å². The molecule has 0 spiro atoms. The molecule has 1 aromatic carbocycles. The zero-order chi connectivity index (χ0) is 25.1. The van der Waals surface area contributed by atoms with E-state index in [-0.39, 0.29) is 23.7 Å². The quantitative estimate of drug-likeness (QED) is 0.263. The molecule has 0 radical (unpaired) electrons. The van der Waals surface area contributed by atoms with Crippen LogP contribution in [0.2, 0.25) is 0 Å². The Morgan fingerprint density at radius 2 is 1.94 bits per heavy atom. The van der Waals surface area contributed by atoms with Gasteiger partial charge in [0.1, 0.15) is 11.7 Å². The number of amides is 1. The van der Waals surface area contributed by atoms with Crippen LogP contribution < -0.4 is 0 Å². The highest BCUT2D eigenvalue weighted by Crippen LogP contribution is 2.27. The molecule has 10 heteroatoms. The van der Waals surface area contributed by atoms with Crippen molar-refractivity contribution in [2.24, 2.45) is 0 Å². The van der Waals surface area contributed by atoms with Crippen molar-refractivity contribution in [3.05, 3.63) is 77.5 Å². The van der Waals surface area contributed by atoms with Gasteiger partial charge in [-0.05, 0) is 20.8 Å². The van der Waals surface area contributed by atoms with Crippen molar-refractivity contribution in [3.8, 4) is 5.82 Å². The van der Waals surface area contributed by atoms with E-state index < -0.39 is 17.5 Å². The van der Waals surface area contributed by atoms with Gasteiger partial charge in [0.15, 0.2) is 5.82 Å². The van der Waals surface area contributed by atoms with Gasteiger partial charge >= 0.3 is 0 Å². The molecule has 180 valence electrons. The summed E-state index contributed by atoms with van der Waals surface area (Å²) < 4.78 is 16.3. The second-order valence-electron chi connectivity index (χ2n) is 8.32. The third-order valence-corrected chi connectivity index (χ3v) is 6.14. The van der Waals surface area contributed by atoms with E-state index in [1.54, 1.807) is 20.0 Å². The minimum atomic E-state index is -0.788. The van der Waals surface area contributed by atoms with E-state index in [1.807, 2.05) is 42.2 Å². The molecular formula is C25H26FN7O2. The number of benzene rings is 1. The zero-order valence-electron chi connectivity index (χ0n) is 19.8. The Hall–Kier alpha value is -4.21. The fraction of sp³-hybridized carbons (Fsp3) is 0.280. The Labute approximate surface area is 202 Å². The van der Waals surface area contributed by atoms with Crippen LogP contribution in [0.4, 0.5) is 4.39 Å². The molecule has 1 fully saturated rings. The van der Waals surface area contributed by atoms with Crippen molar-refractivity contribution < 1.29 is 14.0 Å². The first-order valence-corrected chi connectivity index (χ1v) is 11.3. The number of carbonyl (C=O) groups is 2. The molecule has 1 atom stereocenters. The Bertz CT molecular complexity index is 1290. The number of piperazine rings is 1. The molecular weight excluding hydrogens is 449 g/mol. The van der Waals surface area contributed by atoms with Crippen LogP contribution in [0.15, 0.2) is 55.0 Å². The summed E-state index contributed by atoms with van der Waals surface area (Å²) in [4.78, 5) is 34.0. The third kappa shape index (κ3) is 4.59. The van der Waals surface area contributed by atoms with E-state index in [9.17, 15) is 14.0 Å². The van der Waals surface area contributed by atoms with E-state index in [0.717, 1.165) is 11.8 Å². The maximum absolute atomic E-state index is 14.9. The fourth-order valence-corrected chi connectivity index (χ4v) is 4.33. The lowest BCUT2D eigenvalue weighted by Gasteiger charge is -2.40. The van der Waals surface area contributed by atoms with Gasteiger partial charge in [-0.2, -0.15) is 0 Å². The number of aromatic nitrogens is 4. The summed E-state index contributed by atoms with van der Waals surface area (Å²) in [6.45, 7) is 6.17. The minimum absolute atomic E-state index is 0.0171. The van der Waals surface area contributed by atoms with Gasteiger partial charge in [0, 0.05) is 47.9 Å². The highest BCUT2D eigenvalue weighted by Gasteiger charge is 2.34. The maximum atomic E-state index is 14.9. The van der Waals surface area contributed by atoms with Gasteiger partial charge in [-0.15, -0.1) is 5.10 Å². The van der Waals surface area contributed by atoms with Gasteiger partial charge in [0.05, 0.1) is 18.6 Å². The topological polar surface area (TPSA) is 108 Å². The summed E-state index contributed by atoms with van der Waals surface area (Å²) in [5.41, 5.74) is 1.15. The zero-order valence-corrected chi connectivity index (χ0v) is 19.8. The lowest BCUT2D eigenvalue weighted by atomic mass is 9.96. The predicted octanol–water partition coefficient (Wildman–Crippen LogP) is 2.64. The van der Waals surface area contributed by atoms with E-state index in [2.05, 4.69) is 15.3 Å².